The fraction of sp³-hybridized carbons (Fsp3) is 0.538. The maximum atomic E-state index is 11.0. The van der Waals surface area contributed by atoms with Crippen LogP contribution in [0, 0.1) is 21.4 Å². The number of aromatic nitrogens is 1. The molecule has 0 saturated carbocycles. The molecule has 0 saturated heterocycles. The van der Waals surface area contributed by atoms with E-state index in [4.69, 9.17) is 5.26 Å². The second-order valence-electron chi connectivity index (χ2n) is 4.49. The van der Waals surface area contributed by atoms with Crippen molar-refractivity contribution in [2.75, 3.05) is 25.0 Å². The molecule has 1 aromatic heterocycles. The van der Waals surface area contributed by atoms with Crippen LogP contribution in [0.1, 0.15) is 26.3 Å². The maximum absolute atomic E-state index is 11.0. The molecule has 7 nitrogen and oxygen atoms in total. The molecule has 20 heavy (non-hydrogen) atoms. The number of nitrogens with zero attached hydrogens (tertiary/aromatic N) is 4. The van der Waals surface area contributed by atoms with E-state index in [1.54, 1.807) is 0 Å². The number of nitro groups is 1. The first-order valence-corrected chi connectivity index (χ1v) is 6.55. The van der Waals surface area contributed by atoms with Crippen LogP contribution in [0.25, 0.3) is 0 Å². The Morgan fingerprint density at radius 3 is 2.70 bits per heavy atom. The van der Waals surface area contributed by atoms with E-state index in [9.17, 15) is 10.1 Å². The van der Waals surface area contributed by atoms with Gasteiger partial charge in [-0.15, -0.1) is 0 Å². The van der Waals surface area contributed by atoms with Crippen LogP contribution in [0.5, 0.6) is 0 Å². The number of likely N-dealkylation sites (N-methyl/N-ethyl adjacent to an activating group) is 1. The first-order chi connectivity index (χ1) is 9.51. The number of anilines is 1. The van der Waals surface area contributed by atoms with Crippen molar-refractivity contribution in [1.82, 2.24) is 9.88 Å². The zero-order chi connectivity index (χ0) is 15.1. The van der Waals surface area contributed by atoms with E-state index in [1.165, 1.54) is 12.3 Å². The van der Waals surface area contributed by atoms with Gasteiger partial charge in [0.05, 0.1) is 10.5 Å². The number of hydrogen-bond donors (Lipinski definition) is 1. The molecule has 1 heterocycles. The predicted molar refractivity (Wildman–Crippen MR) is 76.5 cm³/mol. The Kier molecular flexibility index (Phi) is 5.87. The van der Waals surface area contributed by atoms with Crippen LogP contribution in [0.3, 0.4) is 0 Å². The van der Waals surface area contributed by atoms with Crippen molar-refractivity contribution in [2.45, 2.75) is 26.8 Å². The summed E-state index contributed by atoms with van der Waals surface area (Å²) in [6.45, 7) is 8.70. The summed E-state index contributed by atoms with van der Waals surface area (Å²) in [7, 11) is 0. The van der Waals surface area contributed by atoms with Crippen molar-refractivity contribution in [1.29, 1.82) is 5.26 Å². The SMILES string of the molecule is CCN(CC)CC(C)Nc1ncc(C#N)cc1[N+](=O)[O-]. The number of rotatable bonds is 7. The average Bonchev–Trinajstić information content (AvgIpc) is 2.44. The fourth-order valence-corrected chi connectivity index (χ4v) is 1.91. The van der Waals surface area contributed by atoms with Gasteiger partial charge in [0.2, 0.25) is 5.82 Å². The fourth-order valence-electron chi connectivity index (χ4n) is 1.91. The van der Waals surface area contributed by atoms with E-state index >= 15 is 0 Å². The van der Waals surface area contributed by atoms with E-state index in [1.807, 2.05) is 13.0 Å². The van der Waals surface area contributed by atoms with Crippen LogP contribution < -0.4 is 5.32 Å². The highest BCUT2D eigenvalue weighted by Crippen LogP contribution is 2.23. The van der Waals surface area contributed by atoms with Crippen molar-refractivity contribution in [3.63, 3.8) is 0 Å². The summed E-state index contributed by atoms with van der Waals surface area (Å²) in [5.41, 5.74) is 0.00842. The molecule has 0 fully saturated rings. The largest absolute Gasteiger partial charge is 0.361 e. The molecule has 1 rings (SSSR count). The lowest BCUT2D eigenvalue weighted by atomic mass is 10.2. The maximum Gasteiger partial charge on any atom is 0.312 e. The highest BCUT2D eigenvalue weighted by molar-refractivity contribution is 5.58. The zero-order valence-corrected chi connectivity index (χ0v) is 12.0. The standard InChI is InChI=1S/C13H19N5O2/c1-4-17(5-2)9-10(3)16-13-12(18(19)20)6-11(7-14)8-15-13/h6,8,10H,4-5,9H2,1-3H3,(H,15,16). The molecule has 7 heteroatoms. The normalized spacial score (nSPS) is 11.9. The van der Waals surface area contributed by atoms with Crippen molar-refractivity contribution in [3.8, 4) is 6.07 Å². The summed E-state index contributed by atoms with van der Waals surface area (Å²) in [5.74, 6) is 0.202. The van der Waals surface area contributed by atoms with Crippen molar-refractivity contribution in [2.24, 2.45) is 0 Å². The number of pyridine rings is 1. The van der Waals surface area contributed by atoms with Gasteiger partial charge in [0, 0.05) is 24.8 Å². The molecule has 0 spiro atoms. The molecule has 0 aliphatic heterocycles. The molecule has 1 N–H and O–H groups in total. The highest BCUT2D eigenvalue weighted by atomic mass is 16.6. The second kappa shape index (κ2) is 7.40. The average molecular weight is 277 g/mol. The Morgan fingerprint density at radius 1 is 1.55 bits per heavy atom. The third-order valence-electron chi connectivity index (χ3n) is 3.00. The lowest BCUT2D eigenvalue weighted by molar-refractivity contribution is -0.384. The summed E-state index contributed by atoms with van der Waals surface area (Å²) in [6, 6.07) is 3.11. The number of nitriles is 1. The lowest BCUT2D eigenvalue weighted by Gasteiger charge is -2.23. The van der Waals surface area contributed by atoms with Crippen molar-refractivity contribution < 1.29 is 4.92 Å². The van der Waals surface area contributed by atoms with Crippen LogP contribution in [-0.2, 0) is 0 Å². The summed E-state index contributed by atoms with van der Waals surface area (Å²) < 4.78 is 0. The minimum absolute atomic E-state index is 0.0223. The van der Waals surface area contributed by atoms with Gasteiger partial charge in [-0.1, -0.05) is 13.8 Å². The Morgan fingerprint density at radius 2 is 2.20 bits per heavy atom. The van der Waals surface area contributed by atoms with Crippen LogP contribution in [0.4, 0.5) is 11.5 Å². The first kappa shape index (κ1) is 15.9. The summed E-state index contributed by atoms with van der Waals surface area (Å²) in [5, 5.41) is 22.8. The van der Waals surface area contributed by atoms with Crippen LogP contribution in [0.15, 0.2) is 12.3 Å². The highest BCUT2D eigenvalue weighted by Gasteiger charge is 2.18. The van der Waals surface area contributed by atoms with E-state index in [2.05, 4.69) is 29.0 Å². The predicted octanol–water partition coefficient (Wildman–Crippen LogP) is 2.00. The molecule has 0 aliphatic rings. The van der Waals surface area contributed by atoms with Gasteiger partial charge < -0.3 is 10.2 Å². The lowest BCUT2D eigenvalue weighted by Crippen LogP contribution is -2.35. The number of hydrogen-bond acceptors (Lipinski definition) is 6. The van der Waals surface area contributed by atoms with Gasteiger partial charge in [0.15, 0.2) is 0 Å². The molecule has 0 aromatic carbocycles. The topological polar surface area (TPSA) is 95.1 Å². The van der Waals surface area contributed by atoms with Crippen molar-refractivity contribution in [3.05, 3.63) is 27.9 Å². The molecular formula is C13H19N5O2. The summed E-state index contributed by atoms with van der Waals surface area (Å²) in [4.78, 5) is 16.7. The minimum atomic E-state index is -0.527. The van der Waals surface area contributed by atoms with Gasteiger partial charge in [0.1, 0.15) is 6.07 Å². The first-order valence-electron chi connectivity index (χ1n) is 6.55. The Hall–Kier alpha value is -2.20. The smallest absolute Gasteiger partial charge is 0.312 e. The van der Waals surface area contributed by atoms with E-state index in [0.717, 1.165) is 19.6 Å². The van der Waals surface area contributed by atoms with E-state index in [-0.39, 0.29) is 23.1 Å². The van der Waals surface area contributed by atoms with E-state index < -0.39 is 4.92 Å². The van der Waals surface area contributed by atoms with Crippen molar-refractivity contribution >= 4 is 11.5 Å². The second-order valence-corrected chi connectivity index (χ2v) is 4.49. The monoisotopic (exact) mass is 277 g/mol. The third-order valence-corrected chi connectivity index (χ3v) is 3.00. The third kappa shape index (κ3) is 4.17. The molecule has 0 radical (unpaired) electrons. The zero-order valence-electron chi connectivity index (χ0n) is 12.0. The van der Waals surface area contributed by atoms with Gasteiger partial charge in [-0.3, -0.25) is 10.1 Å². The Bertz CT molecular complexity index is 508. The Labute approximate surface area is 118 Å². The van der Waals surface area contributed by atoms with Gasteiger partial charge in [-0.2, -0.15) is 5.26 Å². The van der Waals surface area contributed by atoms with Crippen LogP contribution >= 0.6 is 0 Å². The molecule has 0 aliphatic carbocycles. The Balaban J connectivity index is 2.86. The molecule has 0 bridgehead atoms. The van der Waals surface area contributed by atoms with E-state index in [0.29, 0.717) is 0 Å². The quantitative estimate of drug-likeness (QED) is 0.605. The van der Waals surface area contributed by atoms with Gasteiger partial charge in [-0.25, -0.2) is 4.98 Å². The molecule has 1 unspecified atom stereocenters. The molecule has 1 atom stereocenters. The molecular weight excluding hydrogens is 258 g/mol. The molecule has 1 aromatic rings. The summed E-state index contributed by atoms with van der Waals surface area (Å²) >= 11 is 0. The van der Waals surface area contributed by atoms with Gasteiger partial charge >= 0.3 is 5.69 Å². The molecule has 108 valence electrons. The van der Waals surface area contributed by atoms with Gasteiger partial charge in [-0.05, 0) is 20.0 Å². The molecule has 0 amide bonds. The van der Waals surface area contributed by atoms with Crippen LogP contribution in [0.2, 0.25) is 0 Å². The number of nitrogens with one attached hydrogen (secondary N) is 1. The van der Waals surface area contributed by atoms with Gasteiger partial charge in [0.25, 0.3) is 0 Å². The van der Waals surface area contributed by atoms with Crippen LogP contribution in [-0.4, -0.2) is 40.5 Å². The minimum Gasteiger partial charge on any atom is -0.361 e. The summed E-state index contributed by atoms with van der Waals surface area (Å²) in [6.07, 6.45) is 1.33.